The lowest BCUT2D eigenvalue weighted by Gasteiger charge is -2.35. The molecule has 4 rings (SSSR count). The van der Waals surface area contributed by atoms with Crippen LogP contribution in [0.4, 0.5) is 11.6 Å². The number of nitrogens with zero attached hydrogens (tertiary/aromatic N) is 6. The lowest BCUT2D eigenvalue weighted by Crippen LogP contribution is -2.49. The number of ether oxygens (including phenoxy) is 1. The monoisotopic (exact) mass is 354 g/mol. The maximum atomic E-state index is 12.5. The summed E-state index contributed by atoms with van der Waals surface area (Å²) in [4.78, 5) is 31.8. The van der Waals surface area contributed by atoms with Crippen molar-refractivity contribution in [3.8, 4) is 0 Å². The van der Waals surface area contributed by atoms with Gasteiger partial charge in [0.05, 0.1) is 13.2 Å². The van der Waals surface area contributed by atoms with Crippen LogP contribution in [-0.2, 0) is 4.74 Å². The Morgan fingerprint density at radius 2 is 1.58 bits per heavy atom. The van der Waals surface area contributed by atoms with Gasteiger partial charge in [-0.2, -0.15) is 0 Å². The number of amides is 1. The molecule has 2 saturated heterocycles. The molecule has 0 bridgehead atoms. The average molecular weight is 354 g/mol. The minimum absolute atomic E-state index is 0.0121. The van der Waals surface area contributed by atoms with Crippen LogP contribution in [0, 0.1) is 0 Å². The maximum absolute atomic E-state index is 12.5. The molecule has 0 spiro atoms. The van der Waals surface area contributed by atoms with E-state index in [9.17, 15) is 4.79 Å². The van der Waals surface area contributed by atoms with Crippen molar-refractivity contribution >= 4 is 17.5 Å². The number of anilines is 2. The van der Waals surface area contributed by atoms with Gasteiger partial charge in [0.1, 0.15) is 23.7 Å². The molecule has 0 unspecified atom stereocenters. The van der Waals surface area contributed by atoms with Crippen molar-refractivity contribution in [2.75, 3.05) is 62.3 Å². The third-order valence-corrected chi connectivity index (χ3v) is 4.75. The largest absolute Gasteiger partial charge is 0.378 e. The molecule has 26 heavy (non-hydrogen) atoms. The lowest BCUT2D eigenvalue weighted by atomic mass is 10.2. The highest BCUT2D eigenvalue weighted by atomic mass is 16.5. The number of hydrogen-bond acceptors (Lipinski definition) is 7. The summed E-state index contributed by atoms with van der Waals surface area (Å²) < 4.78 is 5.40. The van der Waals surface area contributed by atoms with Crippen molar-refractivity contribution in [1.82, 2.24) is 19.9 Å². The minimum Gasteiger partial charge on any atom is -0.378 e. The zero-order chi connectivity index (χ0) is 17.8. The van der Waals surface area contributed by atoms with Crippen LogP contribution in [0.15, 0.2) is 36.8 Å². The van der Waals surface area contributed by atoms with Gasteiger partial charge in [-0.15, -0.1) is 0 Å². The van der Waals surface area contributed by atoms with E-state index in [1.807, 2.05) is 23.1 Å². The van der Waals surface area contributed by atoms with Crippen LogP contribution in [0.5, 0.6) is 0 Å². The Bertz CT molecular complexity index is 742. The predicted octanol–water partition coefficient (Wildman–Crippen LogP) is 0.671. The highest BCUT2D eigenvalue weighted by Gasteiger charge is 2.24. The Morgan fingerprint density at radius 1 is 0.885 bits per heavy atom. The molecule has 0 radical (unpaired) electrons. The standard InChI is InChI=1S/C18H22N6O2/c25-18(15-3-1-2-4-19-15)24-7-5-22(6-8-24)16-13-17(21-14-20-16)23-9-11-26-12-10-23/h1-4,13-14H,5-12H2. The molecule has 0 aliphatic carbocycles. The first-order valence-electron chi connectivity index (χ1n) is 8.91. The van der Waals surface area contributed by atoms with Crippen LogP contribution in [0.1, 0.15) is 10.5 Å². The van der Waals surface area contributed by atoms with Crippen molar-refractivity contribution in [2.45, 2.75) is 0 Å². The summed E-state index contributed by atoms with van der Waals surface area (Å²) >= 11 is 0. The van der Waals surface area contributed by atoms with E-state index in [1.165, 1.54) is 0 Å². The fraction of sp³-hybridized carbons (Fsp3) is 0.444. The third-order valence-electron chi connectivity index (χ3n) is 4.75. The molecule has 4 heterocycles. The molecule has 0 N–H and O–H groups in total. The van der Waals surface area contributed by atoms with Gasteiger partial charge in [-0.1, -0.05) is 6.07 Å². The summed E-state index contributed by atoms with van der Waals surface area (Å²) in [7, 11) is 0. The normalized spacial score (nSPS) is 18.1. The first-order valence-corrected chi connectivity index (χ1v) is 8.91. The van der Waals surface area contributed by atoms with Crippen LogP contribution < -0.4 is 9.80 Å². The Labute approximate surface area is 152 Å². The average Bonchev–Trinajstić information content (AvgIpc) is 2.75. The molecular weight excluding hydrogens is 332 g/mol. The molecule has 0 saturated carbocycles. The van der Waals surface area contributed by atoms with E-state index in [-0.39, 0.29) is 5.91 Å². The first kappa shape index (κ1) is 16.7. The molecular formula is C18H22N6O2. The first-order chi connectivity index (χ1) is 12.8. The summed E-state index contributed by atoms with van der Waals surface area (Å²) in [6.07, 6.45) is 3.27. The maximum Gasteiger partial charge on any atom is 0.272 e. The summed E-state index contributed by atoms with van der Waals surface area (Å²) in [5.41, 5.74) is 0.498. The van der Waals surface area contributed by atoms with Gasteiger partial charge >= 0.3 is 0 Å². The number of pyridine rings is 1. The third kappa shape index (κ3) is 3.60. The van der Waals surface area contributed by atoms with Gasteiger partial charge in [-0.3, -0.25) is 9.78 Å². The van der Waals surface area contributed by atoms with Gasteiger partial charge in [0.15, 0.2) is 0 Å². The number of carbonyl (C=O) groups is 1. The summed E-state index contributed by atoms with van der Waals surface area (Å²) in [6, 6.07) is 7.44. The Kier molecular flexibility index (Phi) is 4.92. The summed E-state index contributed by atoms with van der Waals surface area (Å²) in [5, 5.41) is 0. The van der Waals surface area contributed by atoms with E-state index in [0.29, 0.717) is 18.8 Å². The second-order valence-corrected chi connectivity index (χ2v) is 6.33. The molecule has 2 aliphatic heterocycles. The van der Waals surface area contributed by atoms with Crippen molar-refractivity contribution < 1.29 is 9.53 Å². The smallest absolute Gasteiger partial charge is 0.272 e. The zero-order valence-corrected chi connectivity index (χ0v) is 14.6. The molecule has 2 fully saturated rings. The van der Waals surface area contributed by atoms with Gasteiger partial charge in [0, 0.05) is 51.5 Å². The Hall–Kier alpha value is -2.74. The predicted molar refractivity (Wildman–Crippen MR) is 97.4 cm³/mol. The van der Waals surface area contributed by atoms with Crippen LogP contribution in [0.25, 0.3) is 0 Å². The SMILES string of the molecule is O=C(c1ccccn1)N1CCN(c2cc(N3CCOCC3)ncn2)CC1. The lowest BCUT2D eigenvalue weighted by molar-refractivity contribution is 0.0740. The van der Waals surface area contributed by atoms with Crippen LogP contribution >= 0.6 is 0 Å². The molecule has 136 valence electrons. The molecule has 0 atom stereocenters. The van der Waals surface area contributed by atoms with Crippen molar-refractivity contribution in [1.29, 1.82) is 0 Å². The molecule has 2 aromatic rings. The molecule has 1 amide bonds. The minimum atomic E-state index is -0.0121. The van der Waals surface area contributed by atoms with E-state index >= 15 is 0 Å². The molecule has 8 heteroatoms. The van der Waals surface area contributed by atoms with Gasteiger partial charge in [-0.25, -0.2) is 9.97 Å². The number of morpholine rings is 1. The Balaban J connectivity index is 1.39. The van der Waals surface area contributed by atoms with Crippen molar-refractivity contribution in [2.24, 2.45) is 0 Å². The van der Waals surface area contributed by atoms with E-state index in [0.717, 1.165) is 51.0 Å². The van der Waals surface area contributed by atoms with E-state index in [2.05, 4.69) is 24.8 Å². The van der Waals surface area contributed by atoms with E-state index in [4.69, 9.17) is 4.74 Å². The zero-order valence-electron chi connectivity index (χ0n) is 14.6. The molecule has 0 aromatic carbocycles. The number of hydrogen-bond donors (Lipinski definition) is 0. The van der Waals surface area contributed by atoms with Gasteiger partial charge in [0.25, 0.3) is 5.91 Å². The molecule has 8 nitrogen and oxygen atoms in total. The number of aromatic nitrogens is 3. The fourth-order valence-electron chi connectivity index (χ4n) is 3.27. The van der Waals surface area contributed by atoms with Crippen molar-refractivity contribution in [3.63, 3.8) is 0 Å². The summed E-state index contributed by atoms with van der Waals surface area (Å²) in [5.74, 6) is 1.83. The van der Waals surface area contributed by atoms with E-state index < -0.39 is 0 Å². The number of piperazine rings is 1. The highest BCUT2D eigenvalue weighted by molar-refractivity contribution is 5.92. The quantitative estimate of drug-likeness (QED) is 0.802. The fourth-order valence-corrected chi connectivity index (χ4v) is 3.27. The summed E-state index contributed by atoms with van der Waals surface area (Å²) in [6.45, 7) is 5.97. The van der Waals surface area contributed by atoms with Crippen LogP contribution in [-0.4, -0.2) is 78.2 Å². The van der Waals surface area contributed by atoms with Gasteiger partial charge in [-0.05, 0) is 12.1 Å². The van der Waals surface area contributed by atoms with Crippen LogP contribution in [0.3, 0.4) is 0 Å². The van der Waals surface area contributed by atoms with Crippen molar-refractivity contribution in [3.05, 3.63) is 42.5 Å². The Morgan fingerprint density at radius 3 is 2.23 bits per heavy atom. The topological polar surface area (TPSA) is 74.7 Å². The second kappa shape index (κ2) is 7.65. The van der Waals surface area contributed by atoms with Gasteiger partial charge in [0.2, 0.25) is 0 Å². The highest BCUT2D eigenvalue weighted by Crippen LogP contribution is 2.20. The number of rotatable bonds is 3. The second-order valence-electron chi connectivity index (χ2n) is 6.33. The van der Waals surface area contributed by atoms with Gasteiger partial charge < -0.3 is 19.4 Å². The van der Waals surface area contributed by atoms with E-state index in [1.54, 1.807) is 18.6 Å². The molecule has 2 aromatic heterocycles. The molecule has 2 aliphatic rings. The number of carbonyl (C=O) groups excluding carboxylic acids is 1. The van der Waals surface area contributed by atoms with Crippen LogP contribution in [0.2, 0.25) is 0 Å².